The Morgan fingerprint density at radius 3 is 3.04 bits per heavy atom. The van der Waals surface area contributed by atoms with Gasteiger partial charge in [-0.1, -0.05) is 12.1 Å². The van der Waals surface area contributed by atoms with Crippen LogP contribution in [0.3, 0.4) is 0 Å². The Hall–Kier alpha value is -2.70. The largest absolute Gasteiger partial charge is 0.491 e. The molecule has 1 aromatic heterocycles. The minimum Gasteiger partial charge on any atom is -0.491 e. The van der Waals surface area contributed by atoms with E-state index in [2.05, 4.69) is 22.4 Å². The number of aliphatic hydroxyl groups excluding tert-OH is 1. The maximum Gasteiger partial charge on any atom is 0.231 e. The second kappa shape index (κ2) is 7.04. The predicted octanol–water partition coefficient (Wildman–Crippen LogP) is 2.43. The van der Waals surface area contributed by atoms with E-state index in [9.17, 15) is 5.11 Å². The van der Waals surface area contributed by atoms with Crippen LogP contribution in [0.25, 0.3) is 10.9 Å². The van der Waals surface area contributed by atoms with Crippen LogP contribution >= 0.6 is 0 Å². The summed E-state index contributed by atoms with van der Waals surface area (Å²) in [6.07, 6.45) is 1.33. The molecule has 6 heteroatoms. The zero-order valence-corrected chi connectivity index (χ0v) is 13.7. The van der Waals surface area contributed by atoms with Crippen molar-refractivity contribution in [3.63, 3.8) is 0 Å². The molecule has 4 rings (SSSR count). The fourth-order valence-electron chi connectivity index (χ4n) is 2.90. The molecular formula is C19H20N2O4. The molecule has 1 aliphatic rings. The zero-order chi connectivity index (χ0) is 17.1. The fraction of sp³-hybridized carbons (Fsp3) is 0.263. The summed E-state index contributed by atoms with van der Waals surface area (Å²) in [6.45, 7) is 1.59. The number of nitrogens with one attached hydrogen (secondary N) is 2. The summed E-state index contributed by atoms with van der Waals surface area (Å²) in [5.74, 6) is 2.04. The highest BCUT2D eigenvalue weighted by atomic mass is 16.7. The second-order valence-corrected chi connectivity index (χ2v) is 5.97. The van der Waals surface area contributed by atoms with Crippen molar-refractivity contribution in [1.82, 2.24) is 10.3 Å². The molecule has 0 amide bonds. The molecule has 6 nitrogen and oxygen atoms in total. The van der Waals surface area contributed by atoms with Gasteiger partial charge in [0.2, 0.25) is 6.79 Å². The van der Waals surface area contributed by atoms with Crippen molar-refractivity contribution in [2.24, 2.45) is 0 Å². The maximum atomic E-state index is 10.1. The third-order valence-corrected chi connectivity index (χ3v) is 4.17. The van der Waals surface area contributed by atoms with Gasteiger partial charge in [0.05, 0.1) is 0 Å². The highest BCUT2D eigenvalue weighted by molar-refractivity contribution is 5.82. The van der Waals surface area contributed by atoms with Gasteiger partial charge in [0.15, 0.2) is 11.5 Å². The van der Waals surface area contributed by atoms with Crippen LogP contribution in [0.15, 0.2) is 48.7 Å². The van der Waals surface area contributed by atoms with E-state index in [1.807, 2.05) is 18.3 Å². The van der Waals surface area contributed by atoms with Crippen LogP contribution in [-0.2, 0) is 6.54 Å². The third-order valence-electron chi connectivity index (χ3n) is 4.17. The zero-order valence-electron chi connectivity index (χ0n) is 13.7. The van der Waals surface area contributed by atoms with E-state index in [0.29, 0.717) is 30.3 Å². The van der Waals surface area contributed by atoms with Crippen molar-refractivity contribution in [3.05, 3.63) is 54.2 Å². The molecule has 2 aromatic carbocycles. The molecule has 0 radical (unpaired) electrons. The highest BCUT2D eigenvalue weighted by Crippen LogP contribution is 2.35. The van der Waals surface area contributed by atoms with Gasteiger partial charge in [-0.25, -0.2) is 0 Å². The molecule has 25 heavy (non-hydrogen) atoms. The van der Waals surface area contributed by atoms with Crippen molar-refractivity contribution in [2.75, 3.05) is 19.9 Å². The first-order valence-electron chi connectivity index (χ1n) is 8.26. The maximum absolute atomic E-state index is 10.1. The van der Waals surface area contributed by atoms with E-state index in [-0.39, 0.29) is 13.4 Å². The van der Waals surface area contributed by atoms with Crippen LogP contribution in [0.1, 0.15) is 5.56 Å². The van der Waals surface area contributed by atoms with Gasteiger partial charge in [0, 0.05) is 36.3 Å². The van der Waals surface area contributed by atoms with Crippen LogP contribution in [0.4, 0.5) is 0 Å². The molecule has 0 bridgehead atoms. The lowest BCUT2D eigenvalue weighted by Crippen LogP contribution is -2.31. The Labute approximate surface area is 145 Å². The number of fused-ring (bicyclic) bond motifs is 2. The highest BCUT2D eigenvalue weighted by Gasteiger charge is 2.14. The van der Waals surface area contributed by atoms with Crippen LogP contribution < -0.4 is 19.5 Å². The molecule has 0 saturated heterocycles. The minimum atomic E-state index is -0.601. The summed E-state index contributed by atoms with van der Waals surface area (Å²) in [7, 11) is 0. The van der Waals surface area contributed by atoms with Crippen LogP contribution in [0, 0.1) is 0 Å². The van der Waals surface area contributed by atoms with Crippen molar-refractivity contribution < 1.29 is 19.3 Å². The number of aromatic amines is 1. The molecule has 0 spiro atoms. The molecule has 0 saturated carbocycles. The number of benzene rings is 2. The fourth-order valence-corrected chi connectivity index (χ4v) is 2.90. The number of hydrogen-bond acceptors (Lipinski definition) is 5. The van der Waals surface area contributed by atoms with Crippen LogP contribution in [0.2, 0.25) is 0 Å². The van der Waals surface area contributed by atoms with Gasteiger partial charge in [-0.2, -0.15) is 0 Å². The normalized spacial score (nSPS) is 14.0. The smallest absolute Gasteiger partial charge is 0.231 e. The van der Waals surface area contributed by atoms with Crippen LogP contribution in [0.5, 0.6) is 17.2 Å². The van der Waals surface area contributed by atoms with Crippen molar-refractivity contribution in [3.8, 4) is 17.2 Å². The Kier molecular flexibility index (Phi) is 4.45. The number of aromatic nitrogens is 1. The lowest BCUT2D eigenvalue weighted by atomic mass is 10.1. The first-order valence-corrected chi connectivity index (χ1v) is 8.26. The van der Waals surface area contributed by atoms with E-state index in [4.69, 9.17) is 14.2 Å². The summed E-state index contributed by atoms with van der Waals surface area (Å²) in [5, 5.41) is 14.6. The second-order valence-electron chi connectivity index (χ2n) is 5.97. The van der Waals surface area contributed by atoms with Gasteiger partial charge >= 0.3 is 0 Å². The summed E-state index contributed by atoms with van der Waals surface area (Å²) in [4.78, 5) is 3.20. The topological polar surface area (TPSA) is 75.7 Å². The first kappa shape index (κ1) is 15.8. The third kappa shape index (κ3) is 3.55. The van der Waals surface area contributed by atoms with Gasteiger partial charge in [-0.3, -0.25) is 0 Å². The Morgan fingerprint density at radius 2 is 2.08 bits per heavy atom. The van der Waals surface area contributed by atoms with Gasteiger partial charge in [-0.05, 0) is 29.8 Å². The van der Waals surface area contributed by atoms with Crippen molar-refractivity contribution in [2.45, 2.75) is 12.6 Å². The van der Waals surface area contributed by atoms with E-state index >= 15 is 0 Å². The van der Waals surface area contributed by atoms with Gasteiger partial charge in [0.25, 0.3) is 0 Å². The standard InChI is InChI=1S/C19H20N2O4/c22-14(11-23-15-4-5-18-19(8-15)25-12-24-18)10-20-9-13-2-1-3-17-16(13)6-7-21-17/h1-8,14,20-22H,9-12H2/t14-/m0/s1. The molecule has 1 aliphatic heterocycles. The van der Waals surface area contributed by atoms with Gasteiger partial charge in [-0.15, -0.1) is 0 Å². The summed E-state index contributed by atoms with van der Waals surface area (Å²) >= 11 is 0. The molecule has 3 N–H and O–H groups in total. The van der Waals surface area contributed by atoms with E-state index in [1.54, 1.807) is 18.2 Å². The average Bonchev–Trinajstić information content (AvgIpc) is 3.28. The van der Waals surface area contributed by atoms with E-state index in [0.717, 1.165) is 5.52 Å². The molecule has 0 aliphatic carbocycles. The minimum absolute atomic E-state index is 0.209. The van der Waals surface area contributed by atoms with Crippen LogP contribution in [-0.4, -0.2) is 36.1 Å². The molecule has 1 atom stereocenters. The monoisotopic (exact) mass is 340 g/mol. The molecule has 2 heterocycles. The SMILES string of the molecule is O[C@@H](CNCc1cccc2[nH]ccc12)COc1ccc2c(c1)OCO2. The molecular weight excluding hydrogens is 320 g/mol. The summed E-state index contributed by atoms with van der Waals surface area (Å²) in [6, 6.07) is 13.6. The van der Waals surface area contributed by atoms with E-state index < -0.39 is 6.10 Å². The average molecular weight is 340 g/mol. The van der Waals surface area contributed by atoms with Gasteiger partial charge < -0.3 is 29.6 Å². The summed E-state index contributed by atoms with van der Waals surface area (Å²) < 4.78 is 16.2. The number of rotatable bonds is 7. The Morgan fingerprint density at radius 1 is 1.16 bits per heavy atom. The number of ether oxygens (including phenoxy) is 3. The molecule has 130 valence electrons. The quantitative estimate of drug-likeness (QED) is 0.616. The van der Waals surface area contributed by atoms with E-state index in [1.165, 1.54) is 10.9 Å². The predicted molar refractivity (Wildman–Crippen MR) is 94.1 cm³/mol. The van der Waals surface area contributed by atoms with Gasteiger partial charge in [0.1, 0.15) is 18.5 Å². The number of aliphatic hydroxyl groups is 1. The molecule has 0 unspecified atom stereocenters. The Bertz CT molecular complexity index is 862. The van der Waals surface area contributed by atoms with Crippen molar-refractivity contribution in [1.29, 1.82) is 0 Å². The molecule has 3 aromatic rings. The molecule has 0 fully saturated rings. The first-order chi connectivity index (χ1) is 12.3. The summed E-state index contributed by atoms with van der Waals surface area (Å²) in [5.41, 5.74) is 2.31. The lowest BCUT2D eigenvalue weighted by molar-refractivity contribution is 0.106. The van der Waals surface area contributed by atoms with Crippen molar-refractivity contribution >= 4 is 10.9 Å². The lowest BCUT2D eigenvalue weighted by Gasteiger charge is -2.14. The Balaban J connectivity index is 1.25. The number of hydrogen-bond donors (Lipinski definition) is 3. The number of H-pyrrole nitrogens is 1.